The second-order valence-electron chi connectivity index (χ2n) is 7.70. The molecule has 2 aliphatic heterocycles. The Morgan fingerprint density at radius 2 is 2.12 bits per heavy atom. The van der Waals surface area contributed by atoms with Gasteiger partial charge in [0, 0.05) is 56.2 Å². The summed E-state index contributed by atoms with van der Waals surface area (Å²) in [5.74, 6) is 0.990. The van der Waals surface area contributed by atoms with Crippen molar-refractivity contribution in [1.29, 1.82) is 0 Å². The third-order valence-electron chi connectivity index (χ3n) is 5.52. The van der Waals surface area contributed by atoms with E-state index in [1.807, 2.05) is 11.3 Å². The van der Waals surface area contributed by atoms with Crippen molar-refractivity contribution in [2.24, 2.45) is 4.99 Å². The van der Waals surface area contributed by atoms with Crippen LogP contribution in [0.15, 0.2) is 16.4 Å². The van der Waals surface area contributed by atoms with E-state index in [1.165, 1.54) is 44.5 Å². The van der Waals surface area contributed by atoms with Crippen LogP contribution in [0.5, 0.6) is 0 Å². The van der Waals surface area contributed by atoms with Crippen molar-refractivity contribution < 1.29 is 0 Å². The van der Waals surface area contributed by atoms with Crippen LogP contribution in [0.3, 0.4) is 0 Å². The summed E-state index contributed by atoms with van der Waals surface area (Å²) in [7, 11) is 0. The highest BCUT2D eigenvalue weighted by atomic mass is 32.1. The Bertz CT molecular complexity index is 575. The molecule has 0 amide bonds. The van der Waals surface area contributed by atoms with Gasteiger partial charge in [0.15, 0.2) is 5.96 Å². The number of aliphatic imine (C=N–C) groups is 1. The Hall–Kier alpha value is -1.11. The molecule has 3 rings (SSSR count). The Morgan fingerprint density at radius 3 is 2.85 bits per heavy atom. The molecule has 1 fully saturated rings. The molecular formula is C20H35N5S. The first-order valence-electron chi connectivity index (χ1n) is 10.2. The lowest BCUT2D eigenvalue weighted by molar-refractivity contribution is 0.167. The lowest BCUT2D eigenvalue weighted by Crippen LogP contribution is -2.50. The Morgan fingerprint density at radius 1 is 1.31 bits per heavy atom. The number of nitrogens with one attached hydrogen (secondary N) is 2. The van der Waals surface area contributed by atoms with Gasteiger partial charge in [-0.2, -0.15) is 0 Å². The van der Waals surface area contributed by atoms with Crippen molar-refractivity contribution in [2.45, 2.75) is 58.7 Å². The molecule has 3 heterocycles. The predicted molar refractivity (Wildman–Crippen MR) is 112 cm³/mol. The SMILES string of the molecule is CCNC(=NCCN1CCc2sccc2C1)NC1CCN(C(C)C)CC1. The predicted octanol–water partition coefficient (Wildman–Crippen LogP) is 2.53. The number of nitrogens with zero attached hydrogens (tertiary/aromatic N) is 3. The third kappa shape index (κ3) is 5.44. The molecule has 2 aliphatic rings. The van der Waals surface area contributed by atoms with Gasteiger partial charge in [-0.25, -0.2) is 0 Å². The molecule has 6 heteroatoms. The number of likely N-dealkylation sites (tertiary alicyclic amines) is 1. The number of guanidine groups is 1. The molecular weight excluding hydrogens is 342 g/mol. The Labute approximate surface area is 162 Å². The van der Waals surface area contributed by atoms with Gasteiger partial charge in [0.2, 0.25) is 0 Å². The van der Waals surface area contributed by atoms with Crippen molar-refractivity contribution in [3.63, 3.8) is 0 Å². The summed E-state index contributed by atoms with van der Waals surface area (Å²) < 4.78 is 0. The van der Waals surface area contributed by atoms with E-state index >= 15 is 0 Å². The van der Waals surface area contributed by atoms with Crippen LogP contribution in [0, 0.1) is 0 Å². The number of rotatable bonds is 6. The number of fused-ring (bicyclic) bond motifs is 1. The molecule has 0 atom stereocenters. The standard InChI is InChI=1S/C20H35N5S/c1-4-21-20(23-18-5-11-25(12-6-18)16(2)3)22-9-13-24-10-7-19-17(15-24)8-14-26-19/h8,14,16,18H,4-7,9-13,15H2,1-3H3,(H2,21,22,23). The van der Waals surface area contributed by atoms with Crippen LogP contribution in [-0.4, -0.2) is 67.1 Å². The molecule has 0 bridgehead atoms. The molecule has 0 radical (unpaired) electrons. The molecule has 0 saturated carbocycles. The van der Waals surface area contributed by atoms with E-state index in [-0.39, 0.29) is 0 Å². The molecule has 26 heavy (non-hydrogen) atoms. The molecule has 0 spiro atoms. The van der Waals surface area contributed by atoms with Crippen LogP contribution < -0.4 is 10.6 Å². The first-order valence-corrected chi connectivity index (χ1v) is 11.1. The van der Waals surface area contributed by atoms with E-state index < -0.39 is 0 Å². The quantitative estimate of drug-likeness (QED) is 0.591. The van der Waals surface area contributed by atoms with Gasteiger partial charge < -0.3 is 15.5 Å². The molecule has 1 aromatic heterocycles. The van der Waals surface area contributed by atoms with Crippen LogP contribution >= 0.6 is 11.3 Å². The summed E-state index contributed by atoms with van der Waals surface area (Å²) in [6.07, 6.45) is 3.61. The van der Waals surface area contributed by atoms with Gasteiger partial charge in [-0.15, -0.1) is 11.3 Å². The van der Waals surface area contributed by atoms with Crippen molar-refractivity contribution in [3.8, 4) is 0 Å². The number of piperidine rings is 1. The van der Waals surface area contributed by atoms with Crippen molar-refractivity contribution in [2.75, 3.05) is 39.3 Å². The molecule has 1 saturated heterocycles. The van der Waals surface area contributed by atoms with Gasteiger partial charge >= 0.3 is 0 Å². The lowest BCUT2D eigenvalue weighted by Gasteiger charge is -2.35. The normalized spacial score (nSPS) is 20.4. The molecule has 0 aromatic carbocycles. The second kappa shape index (κ2) is 9.72. The lowest BCUT2D eigenvalue weighted by atomic mass is 10.0. The maximum Gasteiger partial charge on any atom is 0.191 e. The minimum absolute atomic E-state index is 0.547. The highest BCUT2D eigenvalue weighted by Crippen LogP contribution is 2.23. The number of hydrogen-bond acceptors (Lipinski definition) is 4. The fourth-order valence-electron chi connectivity index (χ4n) is 3.87. The summed E-state index contributed by atoms with van der Waals surface area (Å²) in [4.78, 5) is 11.5. The maximum absolute atomic E-state index is 4.84. The third-order valence-corrected chi connectivity index (χ3v) is 6.54. The summed E-state index contributed by atoms with van der Waals surface area (Å²) in [6.45, 7) is 14.2. The van der Waals surface area contributed by atoms with Gasteiger partial charge in [-0.1, -0.05) is 0 Å². The zero-order valence-electron chi connectivity index (χ0n) is 16.6. The van der Waals surface area contributed by atoms with Crippen molar-refractivity contribution >= 4 is 17.3 Å². The fourth-order valence-corrected chi connectivity index (χ4v) is 4.76. The monoisotopic (exact) mass is 377 g/mol. The molecule has 1 aromatic rings. The van der Waals surface area contributed by atoms with Gasteiger partial charge in [-0.3, -0.25) is 9.89 Å². The maximum atomic E-state index is 4.84. The topological polar surface area (TPSA) is 42.9 Å². The van der Waals surface area contributed by atoms with E-state index in [1.54, 1.807) is 4.88 Å². The minimum atomic E-state index is 0.547. The summed E-state index contributed by atoms with van der Waals surface area (Å²) in [5, 5.41) is 9.31. The molecule has 0 aliphatic carbocycles. The second-order valence-corrected chi connectivity index (χ2v) is 8.70. The van der Waals surface area contributed by atoms with Crippen LogP contribution in [0.25, 0.3) is 0 Å². The van der Waals surface area contributed by atoms with Crippen LogP contribution in [0.4, 0.5) is 0 Å². The van der Waals surface area contributed by atoms with Gasteiger partial charge in [0.1, 0.15) is 0 Å². The average Bonchev–Trinajstić information content (AvgIpc) is 3.10. The Balaban J connectivity index is 1.44. The molecule has 146 valence electrons. The summed E-state index contributed by atoms with van der Waals surface area (Å²) in [6, 6.07) is 3.49. The molecule has 2 N–H and O–H groups in total. The largest absolute Gasteiger partial charge is 0.357 e. The fraction of sp³-hybridized carbons (Fsp3) is 0.750. The molecule has 0 unspecified atom stereocenters. The van der Waals surface area contributed by atoms with Crippen molar-refractivity contribution in [3.05, 3.63) is 21.9 Å². The van der Waals surface area contributed by atoms with Gasteiger partial charge in [-0.05, 0) is 57.0 Å². The highest BCUT2D eigenvalue weighted by molar-refractivity contribution is 7.10. The zero-order chi connectivity index (χ0) is 18.4. The van der Waals surface area contributed by atoms with E-state index in [2.05, 4.69) is 52.7 Å². The number of hydrogen-bond donors (Lipinski definition) is 2. The van der Waals surface area contributed by atoms with E-state index in [0.717, 1.165) is 32.1 Å². The van der Waals surface area contributed by atoms with E-state index in [4.69, 9.17) is 4.99 Å². The average molecular weight is 378 g/mol. The van der Waals surface area contributed by atoms with Crippen LogP contribution in [0.2, 0.25) is 0 Å². The zero-order valence-corrected chi connectivity index (χ0v) is 17.4. The smallest absolute Gasteiger partial charge is 0.191 e. The number of thiophene rings is 1. The molecule has 5 nitrogen and oxygen atoms in total. The minimum Gasteiger partial charge on any atom is -0.357 e. The van der Waals surface area contributed by atoms with Gasteiger partial charge in [0.05, 0.1) is 6.54 Å². The Kier molecular flexibility index (Phi) is 7.34. The summed E-state index contributed by atoms with van der Waals surface area (Å²) in [5.41, 5.74) is 1.52. The van der Waals surface area contributed by atoms with Crippen LogP contribution in [-0.2, 0) is 13.0 Å². The highest BCUT2D eigenvalue weighted by Gasteiger charge is 2.21. The van der Waals surface area contributed by atoms with E-state index in [0.29, 0.717) is 12.1 Å². The van der Waals surface area contributed by atoms with E-state index in [9.17, 15) is 0 Å². The van der Waals surface area contributed by atoms with Crippen LogP contribution in [0.1, 0.15) is 44.1 Å². The van der Waals surface area contributed by atoms with Gasteiger partial charge in [0.25, 0.3) is 0 Å². The van der Waals surface area contributed by atoms with Crippen molar-refractivity contribution in [1.82, 2.24) is 20.4 Å². The summed E-state index contributed by atoms with van der Waals surface area (Å²) >= 11 is 1.91. The first kappa shape index (κ1) is 19.6. The first-order chi connectivity index (χ1) is 12.7.